The van der Waals surface area contributed by atoms with Gasteiger partial charge in [0.2, 0.25) is 0 Å². The van der Waals surface area contributed by atoms with Crippen LogP contribution in [0.3, 0.4) is 0 Å². The highest BCUT2D eigenvalue weighted by molar-refractivity contribution is 5.96. The van der Waals surface area contributed by atoms with E-state index in [1.165, 1.54) is 19.2 Å². The molecular formula is C12H17NO4. The van der Waals surface area contributed by atoms with Crippen LogP contribution in [0.5, 0.6) is 11.5 Å². The molecule has 94 valence electrons. The van der Waals surface area contributed by atoms with Gasteiger partial charge in [-0.05, 0) is 25.0 Å². The summed E-state index contributed by atoms with van der Waals surface area (Å²) in [6.07, 6.45) is 1.36. The average molecular weight is 239 g/mol. The number of carbonyl (C=O) groups excluding carboxylic acids is 1. The molecule has 0 aromatic heterocycles. The van der Waals surface area contributed by atoms with Crippen molar-refractivity contribution in [2.24, 2.45) is 0 Å². The third-order valence-corrected chi connectivity index (χ3v) is 2.32. The molecule has 0 saturated heterocycles. The van der Waals surface area contributed by atoms with Crippen molar-refractivity contribution in [1.82, 2.24) is 5.32 Å². The Morgan fingerprint density at radius 1 is 1.41 bits per heavy atom. The fourth-order valence-electron chi connectivity index (χ4n) is 1.36. The molecule has 0 heterocycles. The minimum atomic E-state index is -0.330. The minimum absolute atomic E-state index is 0.107. The van der Waals surface area contributed by atoms with Crippen molar-refractivity contribution >= 4 is 5.91 Å². The fourth-order valence-corrected chi connectivity index (χ4v) is 1.36. The van der Waals surface area contributed by atoms with Gasteiger partial charge in [0.1, 0.15) is 11.5 Å². The van der Waals surface area contributed by atoms with Crippen LogP contribution in [-0.2, 0) is 0 Å². The molecule has 0 fully saturated rings. The quantitative estimate of drug-likeness (QED) is 0.644. The number of rotatable bonds is 6. The Kier molecular flexibility index (Phi) is 5.29. The lowest BCUT2D eigenvalue weighted by molar-refractivity contribution is 0.0949. The Hall–Kier alpha value is -1.75. The zero-order chi connectivity index (χ0) is 12.7. The molecule has 1 aromatic carbocycles. The number of aliphatic hydroxyl groups excluding tert-OH is 1. The van der Waals surface area contributed by atoms with E-state index in [-0.39, 0.29) is 23.8 Å². The van der Waals surface area contributed by atoms with E-state index in [9.17, 15) is 9.90 Å². The summed E-state index contributed by atoms with van der Waals surface area (Å²) in [5, 5.41) is 20.9. The van der Waals surface area contributed by atoms with Gasteiger partial charge in [0.25, 0.3) is 5.91 Å². The number of methoxy groups -OCH3 is 1. The van der Waals surface area contributed by atoms with E-state index in [0.29, 0.717) is 25.1 Å². The zero-order valence-electron chi connectivity index (χ0n) is 9.77. The van der Waals surface area contributed by atoms with E-state index in [1.54, 1.807) is 6.07 Å². The van der Waals surface area contributed by atoms with Crippen molar-refractivity contribution in [1.29, 1.82) is 0 Å². The Balaban J connectivity index is 2.57. The molecule has 0 aliphatic rings. The smallest absolute Gasteiger partial charge is 0.255 e. The lowest BCUT2D eigenvalue weighted by Gasteiger charge is -2.07. The van der Waals surface area contributed by atoms with Crippen LogP contribution in [0.4, 0.5) is 0 Å². The second-order valence-corrected chi connectivity index (χ2v) is 3.57. The van der Waals surface area contributed by atoms with Gasteiger partial charge in [0.05, 0.1) is 12.7 Å². The predicted molar refractivity (Wildman–Crippen MR) is 63.3 cm³/mol. The number of hydrogen-bond donors (Lipinski definition) is 3. The first-order valence-electron chi connectivity index (χ1n) is 5.45. The van der Waals surface area contributed by atoms with Crippen LogP contribution in [0.25, 0.3) is 0 Å². The van der Waals surface area contributed by atoms with Gasteiger partial charge in [-0.25, -0.2) is 0 Å². The van der Waals surface area contributed by atoms with Crippen molar-refractivity contribution < 1.29 is 19.7 Å². The van der Waals surface area contributed by atoms with Crippen molar-refractivity contribution in [2.45, 2.75) is 12.8 Å². The summed E-state index contributed by atoms with van der Waals surface area (Å²) in [5.41, 5.74) is 0.217. The third kappa shape index (κ3) is 3.96. The summed E-state index contributed by atoms with van der Waals surface area (Å²) in [6, 6.07) is 4.51. The van der Waals surface area contributed by atoms with E-state index in [0.717, 1.165) is 0 Å². The van der Waals surface area contributed by atoms with Gasteiger partial charge < -0.3 is 20.3 Å². The third-order valence-electron chi connectivity index (χ3n) is 2.32. The highest BCUT2D eigenvalue weighted by Gasteiger charge is 2.10. The first-order chi connectivity index (χ1) is 8.19. The molecule has 5 nitrogen and oxygen atoms in total. The van der Waals surface area contributed by atoms with Crippen molar-refractivity contribution in [3.63, 3.8) is 0 Å². The summed E-state index contributed by atoms with van der Waals surface area (Å²) >= 11 is 0. The van der Waals surface area contributed by atoms with Crippen LogP contribution in [0, 0.1) is 0 Å². The first kappa shape index (κ1) is 13.3. The minimum Gasteiger partial charge on any atom is -0.507 e. The maximum Gasteiger partial charge on any atom is 0.255 e. The van der Waals surface area contributed by atoms with Gasteiger partial charge in [0, 0.05) is 19.2 Å². The summed E-state index contributed by atoms with van der Waals surface area (Å²) in [7, 11) is 1.49. The highest BCUT2D eigenvalue weighted by atomic mass is 16.5. The molecule has 0 saturated carbocycles. The van der Waals surface area contributed by atoms with Crippen molar-refractivity contribution in [3.05, 3.63) is 23.8 Å². The second kappa shape index (κ2) is 6.75. The molecule has 0 spiro atoms. The molecular weight excluding hydrogens is 222 g/mol. The number of hydrogen-bond acceptors (Lipinski definition) is 4. The average Bonchev–Trinajstić information content (AvgIpc) is 2.34. The number of phenols is 1. The van der Waals surface area contributed by atoms with Crippen molar-refractivity contribution in [2.75, 3.05) is 20.3 Å². The number of nitrogens with one attached hydrogen (secondary N) is 1. The Morgan fingerprint density at radius 3 is 2.76 bits per heavy atom. The molecule has 3 N–H and O–H groups in total. The number of amides is 1. The van der Waals surface area contributed by atoms with E-state index in [4.69, 9.17) is 9.84 Å². The molecule has 0 radical (unpaired) electrons. The molecule has 5 heteroatoms. The standard InChI is InChI=1S/C12H17NO4/c1-17-9-4-5-10(11(15)8-9)12(16)13-6-2-3-7-14/h4-5,8,14-15H,2-3,6-7H2,1H3,(H,13,16). The molecule has 0 aliphatic heterocycles. The van der Waals surface area contributed by atoms with Gasteiger partial charge in [-0.15, -0.1) is 0 Å². The Bertz CT molecular complexity index is 379. The molecule has 0 unspecified atom stereocenters. The summed E-state index contributed by atoms with van der Waals surface area (Å²) in [6.45, 7) is 0.592. The molecule has 17 heavy (non-hydrogen) atoms. The summed E-state index contributed by atoms with van der Waals surface area (Å²) < 4.78 is 4.92. The Labute approximate surface area is 100 Å². The van der Waals surface area contributed by atoms with Crippen LogP contribution in [0.1, 0.15) is 23.2 Å². The topological polar surface area (TPSA) is 78.8 Å². The number of ether oxygens (including phenoxy) is 1. The van der Waals surface area contributed by atoms with Gasteiger partial charge in [-0.1, -0.05) is 0 Å². The molecule has 0 bridgehead atoms. The summed E-state index contributed by atoms with van der Waals surface area (Å²) in [5.74, 6) is 0.0615. The van der Waals surface area contributed by atoms with E-state index < -0.39 is 0 Å². The number of aliphatic hydroxyl groups is 1. The monoisotopic (exact) mass is 239 g/mol. The van der Waals surface area contributed by atoms with E-state index in [2.05, 4.69) is 5.32 Å². The number of aromatic hydroxyl groups is 1. The molecule has 0 aliphatic carbocycles. The van der Waals surface area contributed by atoms with E-state index >= 15 is 0 Å². The lowest BCUT2D eigenvalue weighted by atomic mass is 10.1. The Morgan fingerprint density at radius 2 is 2.18 bits per heavy atom. The lowest BCUT2D eigenvalue weighted by Crippen LogP contribution is -2.24. The SMILES string of the molecule is COc1ccc(C(=O)NCCCCO)c(O)c1. The number of carbonyl (C=O) groups is 1. The van der Waals surface area contributed by atoms with Gasteiger partial charge in [-0.2, -0.15) is 0 Å². The summed E-state index contributed by atoms with van der Waals surface area (Å²) in [4.78, 5) is 11.7. The molecule has 0 atom stereocenters. The van der Waals surface area contributed by atoms with Gasteiger partial charge >= 0.3 is 0 Å². The number of phenolic OH excluding ortho intramolecular Hbond substituents is 1. The molecule has 1 amide bonds. The van der Waals surface area contributed by atoms with Crippen LogP contribution in [0.15, 0.2) is 18.2 Å². The highest BCUT2D eigenvalue weighted by Crippen LogP contribution is 2.23. The van der Waals surface area contributed by atoms with Crippen LogP contribution in [0.2, 0.25) is 0 Å². The maximum atomic E-state index is 11.7. The normalized spacial score (nSPS) is 10.0. The van der Waals surface area contributed by atoms with Crippen molar-refractivity contribution in [3.8, 4) is 11.5 Å². The molecule has 1 aromatic rings. The van der Waals surface area contributed by atoms with E-state index in [1.807, 2.05) is 0 Å². The van der Waals surface area contributed by atoms with Crippen LogP contribution < -0.4 is 10.1 Å². The predicted octanol–water partition coefficient (Wildman–Crippen LogP) is 0.903. The zero-order valence-corrected chi connectivity index (χ0v) is 9.77. The fraction of sp³-hybridized carbons (Fsp3) is 0.417. The number of benzene rings is 1. The van der Waals surface area contributed by atoms with Gasteiger partial charge in [0.15, 0.2) is 0 Å². The maximum absolute atomic E-state index is 11.7. The second-order valence-electron chi connectivity index (χ2n) is 3.57. The largest absolute Gasteiger partial charge is 0.507 e. The number of unbranched alkanes of at least 4 members (excludes halogenated alkanes) is 1. The van der Waals surface area contributed by atoms with Gasteiger partial charge in [-0.3, -0.25) is 4.79 Å². The van der Waals surface area contributed by atoms with Crippen LogP contribution in [-0.4, -0.2) is 36.4 Å². The van der Waals surface area contributed by atoms with Crippen LogP contribution >= 0.6 is 0 Å². The first-order valence-corrected chi connectivity index (χ1v) is 5.45. The molecule has 1 rings (SSSR count).